The minimum absolute atomic E-state index is 0.107. The Bertz CT molecular complexity index is 1240. The lowest BCUT2D eigenvalue weighted by atomic mass is 10.0. The SMILES string of the molecule is CCCC(=O)NC(=S)Nc1ccc2oc(-c3cccc4c(Cl)cccc34)nc2c1. The number of anilines is 1. The van der Waals surface area contributed by atoms with Crippen LogP contribution in [-0.2, 0) is 4.79 Å². The summed E-state index contributed by atoms with van der Waals surface area (Å²) in [7, 11) is 0. The molecular weight excluding hydrogens is 406 g/mol. The Kier molecular flexibility index (Phi) is 5.47. The summed E-state index contributed by atoms with van der Waals surface area (Å²) in [4.78, 5) is 16.3. The fraction of sp³-hybridized carbons (Fsp3) is 0.136. The van der Waals surface area contributed by atoms with Gasteiger partial charge in [-0.25, -0.2) is 4.98 Å². The molecular formula is C22H18ClN3O2S. The number of hydrogen-bond acceptors (Lipinski definition) is 4. The van der Waals surface area contributed by atoms with Crippen molar-refractivity contribution in [1.29, 1.82) is 0 Å². The number of carbonyl (C=O) groups excluding carboxylic acids is 1. The van der Waals surface area contributed by atoms with E-state index in [2.05, 4.69) is 15.6 Å². The summed E-state index contributed by atoms with van der Waals surface area (Å²) in [5, 5.41) is 8.54. The van der Waals surface area contributed by atoms with E-state index >= 15 is 0 Å². The van der Waals surface area contributed by atoms with Crippen LogP contribution in [0.1, 0.15) is 19.8 Å². The van der Waals surface area contributed by atoms with Gasteiger partial charge in [-0.3, -0.25) is 4.79 Å². The number of amides is 1. The number of thiocarbonyl (C=S) groups is 1. The highest BCUT2D eigenvalue weighted by Gasteiger charge is 2.13. The first-order chi connectivity index (χ1) is 14.0. The van der Waals surface area contributed by atoms with Crippen LogP contribution < -0.4 is 10.6 Å². The van der Waals surface area contributed by atoms with E-state index in [0.29, 0.717) is 28.4 Å². The molecule has 0 aliphatic rings. The largest absolute Gasteiger partial charge is 0.436 e. The Hall–Kier alpha value is -2.96. The van der Waals surface area contributed by atoms with Gasteiger partial charge in [0.05, 0.1) is 0 Å². The molecule has 1 heterocycles. The van der Waals surface area contributed by atoms with E-state index in [0.717, 1.165) is 28.4 Å². The van der Waals surface area contributed by atoms with Gasteiger partial charge in [0, 0.05) is 28.1 Å². The molecule has 4 aromatic rings. The van der Waals surface area contributed by atoms with Crippen molar-refractivity contribution in [3.8, 4) is 11.5 Å². The first-order valence-electron chi connectivity index (χ1n) is 9.24. The summed E-state index contributed by atoms with van der Waals surface area (Å²) < 4.78 is 5.97. The molecule has 1 amide bonds. The normalized spacial score (nSPS) is 11.0. The van der Waals surface area contributed by atoms with Crippen LogP contribution in [0.25, 0.3) is 33.3 Å². The summed E-state index contributed by atoms with van der Waals surface area (Å²) in [5.74, 6) is 0.410. The number of hydrogen-bond donors (Lipinski definition) is 2. The first-order valence-corrected chi connectivity index (χ1v) is 10.0. The maximum atomic E-state index is 11.7. The van der Waals surface area contributed by atoms with Crippen LogP contribution >= 0.6 is 23.8 Å². The van der Waals surface area contributed by atoms with E-state index in [4.69, 9.17) is 28.2 Å². The Labute approximate surface area is 178 Å². The predicted octanol–water partition coefficient (Wildman–Crippen LogP) is 5.91. The van der Waals surface area contributed by atoms with E-state index in [1.807, 2.05) is 61.5 Å². The molecule has 1 aromatic heterocycles. The molecule has 4 rings (SSSR count). The number of carbonyl (C=O) groups is 1. The Balaban J connectivity index is 1.64. The quantitative estimate of drug-likeness (QED) is 0.399. The highest BCUT2D eigenvalue weighted by Crippen LogP contribution is 2.33. The zero-order valence-electron chi connectivity index (χ0n) is 15.7. The van der Waals surface area contributed by atoms with E-state index in [-0.39, 0.29) is 11.0 Å². The van der Waals surface area contributed by atoms with Gasteiger partial charge >= 0.3 is 0 Å². The van der Waals surface area contributed by atoms with Crippen molar-refractivity contribution in [2.24, 2.45) is 0 Å². The number of nitrogens with one attached hydrogen (secondary N) is 2. The van der Waals surface area contributed by atoms with Crippen LogP contribution in [-0.4, -0.2) is 16.0 Å². The lowest BCUT2D eigenvalue weighted by Gasteiger charge is -2.08. The van der Waals surface area contributed by atoms with Gasteiger partial charge in [0.25, 0.3) is 0 Å². The summed E-state index contributed by atoms with van der Waals surface area (Å²) in [6, 6.07) is 17.1. The number of oxazole rings is 1. The van der Waals surface area contributed by atoms with Gasteiger partial charge in [-0.2, -0.15) is 0 Å². The predicted molar refractivity (Wildman–Crippen MR) is 121 cm³/mol. The molecule has 2 N–H and O–H groups in total. The topological polar surface area (TPSA) is 67.2 Å². The molecule has 0 saturated heterocycles. The number of nitrogens with zero attached hydrogens (tertiary/aromatic N) is 1. The Morgan fingerprint density at radius 2 is 1.93 bits per heavy atom. The average molecular weight is 424 g/mol. The fourth-order valence-corrected chi connectivity index (χ4v) is 3.63. The van der Waals surface area contributed by atoms with Crippen molar-refractivity contribution in [2.75, 3.05) is 5.32 Å². The molecule has 0 fully saturated rings. The smallest absolute Gasteiger partial charge is 0.227 e. The zero-order chi connectivity index (χ0) is 20.4. The highest BCUT2D eigenvalue weighted by atomic mass is 35.5. The highest BCUT2D eigenvalue weighted by molar-refractivity contribution is 7.80. The van der Waals surface area contributed by atoms with Gasteiger partial charge in [-0.1, -0.05) is 42.8 Å². The van der Waals surface area contributed by atoms with Crippen molar-refractivity contribution < 1.29 is 9.21 Å². The number of fused-ring (bicyclic) bond motifs is 2. The molecule has 0 aliphatic carbocycles. The van der Waals surface area contributed by atoms with Crippen molar-refractivity contribution in [1.82, 2.24) is 10.3 Å². The number of benzene rings is 3. The van der Waals surface area contributed by atoms with Gasteiger partial charge in [0.1, 0.15) is 5.52 Å². The molecule has 5 nitrogen and oxygen atoms in total. The van der Waals surface area contributed by atoms with Crippen molar-refractivity contribution >= 4 is 62.4 Å². The molecule has 146 valence electrons. The molecule has 0 unspecified atom stereocenters. The lowest BCUT2D eigenvalue weighted by Crippen LogP contribution is -2.33. The van der Waals surface area contributed by atoms with Crippen molar-refractivity contribution in [2.45, 2.75) is 19.8 Å². The van der Waals surface area contributed by atoms with Crippen LogP contribution in [0.15, 0.2) is 59.0 Å². The van der Waals surface area contributed by atoms with Crippen molar-refractivity contribution in [3.05, 3.63) is 59.6 Å². The van der Waals surface area contributed by atoms with E-state index in [1.54, 1.807) is 0 Å². The monoisotopic (exact) mass is 423 g/mol. The van der Waals surface area contributed by atoms with E-state index in [9.17, 15) is 4.79 Å². The van der Waals surface area contributed by atoms with Gasteiger partial charge < -0.3 is 15.1 Å². The third-order valence-electron chi connectivity index (χ3n) is 4.47. The van der Waals surface area contributed by atoms with Crippen LogP contribution in [0, 0.1) is 0 Å². The van der Waals surface area contributed by atoms with Crippen LogP contribution in [0.3, 0.4) is 0 Å². The van der Waals surface area contributed by atoms with Gasteiger partial charge in [0.15, 0.2) is 10.7 Å². The summed E-state index contributed by atoms with van der Waals surface area (Å²) in [6.45, 7) is 1.94. The Morgan fingerprint density at radius 1 is 1.14 bits per heavy atom. The molecule has 0 aliphatic heterocycles. The molecule has 0 bridgehead atoms. The summed E-state index contributed by atoms with van der Waals surface area (Å²) in [5.41, 5.74) is 2.94. The van der Waals surface area contributed by atoms with Crippen LogP contribution in [0.5, 0.6) is 0 Å². The van der Waals surface area contributed by atoms with E-state index < -0.39 is 0 Å². The van der Waals surface area contributed by atoms with E-state index in [1.165, 1.54) is 0 Å². The third-order valence-corrected chi connectivity index (χ3v) is 5.01. The summed E-state index contributed by atoms with van der Waals surface area (Å²) >= 11 is 11.5. The van der Waals surface area contributed by atoms with Crippen molar-refractivity contribution in [3.63, 3.8) is 0 Å². The lowest BCUT2D eigenvalue weighted by molar-refractivity contribution is -0.119. The number of rotatable bonds is 4. The molecule has 3 aromatic carbocycles. The molecule has 0 spiro atoms. The fourth-order valence-electron chi connectivity index (χ4n) is 3.16. The maximum absolute atomic E-state index is 11.7. The second-order valence-corrected chi connectivity index (χ2v) is 7.41. The van der Waals surface area contributed by atoms with Gasteiger partial charge in [-0.15, -0.1) is 0 Å². The zero-order valence-corrected chi connectivity index (χ0v) is 17.2. The molecule has 29 heavy (non-hydrogen) atoms. The standard InChI is InChI=1S/C22H18ClN3O2S/c1-2-5-20(27)26-22(29)24-13-10-11-19-18(12-13)25-21(28-19)16-8-3-7-15-14(16)6-4-9-17(15)23/h3-4,6-12H,2,5H2,1H3,(H2,24,26,27,29). The number of aromatic nitrogens is 1. The molecule has 0 radical (unpaired) electrons. The minimum atomic E-state index is -0.107. The molecule has 0 saturated carbocycles. The second-order valence-electron chi connectivity index (χ2n) is 6.59. The maximum Gasteiger partial charge on any atom is 0.227 e. The molecule has 7 heteroatoms. The van der Waals surface area contributed by atoms with Gasteiger partial charge in [0.2, 0.25) is 11.8 Å². The molecule has 0 atom stereocenters. The first kappa shape index (κ1) is 19.4. The van der Waals surface area contributed by atoms with Crippen LogP contribution in [0.2, 0.25) is 5.02 Å². The van der Waals surface area contributed by atoms with Gasteiger partial charge in [-0.05, 0) is 54.4 Å². The third kappa shape index (κ3) is 4.09. The Morgan fingerprint density at radius 3 is 2.76 bits per heavy atom. The van der Waals surface area contributed by atoms with Crippen LogP contribution in [0.4, 0.5) is 5.69 Å². The summed E-state index contributed by atoms with van der Waals surface area (Å²) in [6.07, 6.45) is 1.20. The number of halogens is 1. The average Bonchev–Trinajstić information content (AvgIpc) is 3.11. The minimum Gasteiger partial charge on any atom is -0.436 e. The second kappa shape index (κ2) is 8.19.